The van der Waals surface area contributed by atoms with Crippen LogP contribution in [0.3, 0.4) is 0 Å². The molecule has 8 rings (SSSR count). The largest absolute Gasteiger partial charge is 0.381 e. The number of rotatable bonds is 5. The first-order chi connectivity index (χ1) is 23.8. The van der Waals surface area contributed by atoms with Gasteiger partial charge >= 0.3 is 0 Å². The van der Waals surface area contributed by atoms with Crippen molar-refractivity contribution in [2.45, 2.75) is 26.2 Å². The Morgan fingerprint density at radius 2 is 1.78 bits per heavy atom. The fourth-order valence-electron chi connectivity index (χ4n) is 7.08. The van der Waals surface area contributed by atoms with Crippen molar-refractivity contribution in [3.8, 4) is 21.0 Å². The molecule has 3 aliphatic heterocycles. The van der Waals surface area contributed by atoms with Gasteiger partial charge in [0.2, 0.25) is 0 Å². The van der Waals surface area contributed by atoms with Crippen molar-refractivity contribution in [2.24, 2.45) is 5.41 Å². The van der Waals surface area contributed by atoms with Gasteiger partial charge in [0.25, 0.3) is 11.8 Å². The van der Waals surface area contributed by atoms with Gasteiger partial charge in [0.05, 0.1) is 16.1 Å². The van der Waals surface area contributed by atoms with Crippen LogP contribution in [0.1, 0.15) is 44.7 Å². The Labute approximate surface area is 286 Å². The quantitative estimate of drug-likeness (QED) is 0.207. The molecular weight excluding hydrogens is 645 g/mol. The van der Waals surface area contributed by atoms with Gasteiger partial charge in [-0.05, 0) is 104 Å². The highest BCUT2D eigenvalue weighted by Gasteiger charge is 2.45. The molecule has 49 heavy (non-hydrogen) atoms. The second-order valence-electron chi connectivity index (χ2n) is 13.1. The Hall–Kier alpha value is -5.00. The summed E-state index contributed by atoms with van der Waals surface area (Å²) in [6.45, 7) is 5.46. The molecule has 2 saturated heterocycles. The molecule has 2 aromatic carbocycles. The van der Waals surface area contributed by atoms with Crippen LogP contribution in [0, 0.1) is 24.0 Å². The number of nitrogens with zero attached hydrogens (tertiary/aromatic N) is 4. The second-order valence-corrected chi connectivity index (χ2v) is 14.1. The van der Waals surface area contributed by atoms with Crippen molar-refractivity contribution >= 4 is 40.3 Å². The molecule has 6 heterocycles. The minimum absolute atomic E-state index is 0.230. The van der Waals surface area contributed by atoms with Gasteiger partial charge in [-0.2, -0.15) is 0 Å². The summed E-state index contributed by atoms with van der Waals surface area (Å²) in [5.74, 6) is -0.765. The lowest BCUT2D eigenvalue weighted by Gasteiger charge is -2.53. The first-order valence-electron chi connectivity index (χ1n) is 16.3. The molecule has 8 nitrogen and oxygen atoms in total. The number of hydrogen-bond acceptors (Lipinski definition) is 7. The molecule has 0 bridgehead atoms. The second kappa shape index (κ2) is 12.5. The number of hydrogen-bond donors (Lipinski definition) is 1. The number of benzene rings is 2. The van der Waals surface area contributed by atoms with Crippen LogP contribution in [0.2, 0.25) is 0 Å². The van der Waals surface area contributed by atoms with E-state index < -0.39 is 11.6 Å². The maximum absolute atomic E-state index is 14.7. The van der Waals surface area contributed by atoms with Gasteiger partial charge < -0.3 is 19.9 Å². The van der Waals surface area contributed by atoms with Crippen LogP contribution in [0.15, 0.2) is 79.1 Å². The molecule has 248 valence electrons. The van der Waals surface area contributed by atoms with Crippen molar-refractivity contribution in [1.82, 2.24) is 9.97 Å². The number of nitrogens with one attached hydrogen (secondary N) is 1. The molecule has 0 unspecified atom stereocenters. The van der Waals surface area contributed by atoms with Crippen LogP contribution in [-0.2, 0) is 11.2 Å². The maximum atomic E-state index is 14.7. The molecule has 1 N–H and O–H groups in total. The molecule has 3 aliphatic rings. The summed E-state index contributed by atoms with van der Waals surface area (Å²) in [5, 5.41) is 2.98. The summed E-state index contributed by atoms with van der Waals surface area (Å²) in [7, 11) is 0. The molecule has 3 aromatic heterocycles. The van der Waals surface area contributed by atoms with Gasteiger partial charge in [-0.25, -0.2) is 13.8 Å². The third kappa shape index (κ3) is 5.87. The van der Waals surface area contributed by atoms with Crippen LogP contribution < -0.4 is 15.1 Å². The SMILES string of the molecule is Cc1cnc(N2CC3(CCOCC3)C2)c(C(=O)Nc2ccc(C(=O)N3CCc4cc(-c5ncccc5F)sc4-c4ccc(F)cc43)cc2)c1. The van der Waals surface area contributed by atoms with E-state index in [0.717, 1.165) is 55.1 Å². The van der Waals surface area contributed by atoms with Crippen LogP contribution >= 0.6 is 11.3 Å². The smallest absolute Gasteiger partial charge is 0.259 e. The summed E-state index contributed by atoms with van der Waals surface area (Å²) in [6.07, 6.45) is 5.87. The first-order valence-corrected chi connectivity index (χ1v) is 17.1. The fourth-order valence-corrected chi connectivity index (χ4v) is 8.32. The van der Waals surface area contributed by atoms with E-state index in [0.29, 0.717) is 51.7 Å². The van der Waals surface area contributed by atoms with Crippen molar-refractivity contribution in [3.63, 3.8) is 0 Å². The summed E-state index contributed by atoms with van der Waals surface area (Å²) < 4.78 is 34.8. The monoisotopic (exact) mass is 677 g/mol. The lowest BCUT2D eigenvalue weighted by Crippen LogP contribution is -2.59. The maximum Gasteiger partial charge on any atom is 0.259 e. The Morgan fingerprint density at radius 3 is 2.55 bits per heavy atom. The summed E-state index contributed by atoms with van der Waals surface area (Å²) in [4.78, 5) is 41.7. The van der Waals surface area contributed by atoms with E-state index >= 15 is 0 Å². The number of pyridine rings is 2. The number of aromatic nitrogens is 2. The van der Waals surface area contributed by atoms with E-state index in [4.69, 9.17) is 4.74 Å². The fraction of sp³-hybridized carbons (Fsp3) is 0.263. The highest BCUT2D eigenvalue weighted by atomic mass is 32.1. The third-order valence-corrected chi connectivity index (χ3v) is 10.9. The number of carbonyl (C=O) groups excluding carboxylic acids is 2. The molecular formula is C38H33F2N5O3S. The lowest BCUT2D eigenvalue weighted by molar-refractivity contribution is -0.000510. The van der Waals surface area contributed by atoms with Crippen LogP contribution in [0.5, 0.6) is 0 Å². The van der Waals surface area contributed by atoms with E-state index in [2.05, 4.69) is 20.2 Å². The Bertz CT molecular complexity index is 2090. The Morgan fingerprint density at radius 1 is 0.980 bits per heavy atom. The van der Waals surface area contributed by atoms with Crippen LogP contribution in [0.4, 0.5) is 26.0 Å². The van der Waals surface area contributed by atoms with Crippen molar-refractivity contribution < 1.29 is 23.1 Å². The average molecular weight is 678 g/mol. The Kier molecular flexibility index (Phi) is 7.96. The van der Waals surface area contributed by atoms with E-state index in [9.17, 15) is 18.4 Å². The van der Waals surface area contributed by atoms with E-state index in [1.54, 1.807) is 53.7 Å². The van der Waals surface area contributed by atoms with Gasteiger partial charge in [-0.15, -0.1) is 11.3 Å². The average Bonchev–Trinajstić information content (AvgIpc) is 3.45. The number of ether oxygens (including phenoxy) is 1. The minimum Gasteiger partial charge on any atom is -0.381 e. The summed E-state index contributed by atoms with van der Waals surface area (Å²) in [6, 6.07) is 17.8. The van der Waals surface area contributed by atoms with Crippen LogP contribution in [-0.4, -0.2) is 54.6 Å². The summed E-state index contributed by atoms with van der Waals surface area (Å²) >= 11 is 1.38. The number of amides is 2. The molecule has 11 heteroatoms. The number of carbonyl (C=O) groups is 2. The highest BCUT2D eigenvalue weighted by Crippen LogP contribution is 2.45. The minimum atomic E-state index is -0.461. The van der Waals surface area contributed by atoms with Crippen molar-refractivity contribution in [2.75, 3.05) is 48.0 Å². The normalized spacial score (nSPS) is 16.4. The highest BCUT2D eigenvalue weighted by molar-refractivity contribution is 7.19. The predicted molar refractivity (Wildman–Crippen MR) is 186 cm³/mol. The third-order valence-electron chi connectivity index (χ3n) is 9.69. The van der Waals surface area contributed by atoms with Crippen molar-refractivity contribution in [1.29, 1.82) is 0 Å². The number of aryl methyl sites for hydroxylation is 1. The molecule has 2 fully saturated rings. The predicted octanol–water partition coefficient (Wildman–Crippen LogP) is 7.53. The number of fused-ring (bicyclic) bond motifs is 3. The van der Waals surface area contributed by atoms with Gasteiger partial charge in [0.15, 0.2) is 0 Å². The zero-order valence-electron chi connectivity index (χ0n) is 26.8. The number of halogens is 2. The van der Waals surface area contributed by atoms with Gasteiger partial charge in [-0.3, -0.25) is 14.6 Å². The van der Waals surface area contributed by atoms with E-state index in [-0.39, 0.29) is 22.9 Å². The molecule has 2 amide bonds. The summed E-state index contributed by atoms with van der Waals surface area (Å²) in [5.41, 5.74) is 4.92. The zero-order valence-corrected chi connectivity index (χ0v) is 27.7. The molecule has 0 saturated carbocycles. The van der Waals surface area contributed by atoms with Crippen LogP contribution in [0.25, 0.3) is 21.0 Å². The first kappa shape index (κ1) is 31.3. The molecule has 1 spiro atoms. The molecule has 0 aliphatic carbocycles. The molecule has 0 atom stereocenters. The van der Waals surface area contributed by atoms with E-state index in [1.807, 2.05) is 19.1 Å². The van der Waals surface area contributed by atoms with Gasteiger partial charge in [-0.1, -0.05) is 0 Å². The number of anilines is 3. The standard InChI is InChI=1S/C38H33F2N5O3S/c1-23-17-29(35(42-20-23)44-21-38(22-44)11-15-48-16-12-38)36(46)43-27-7-4-24(5-8-27)37(47)45-14-10-25-18-32(33-30(40)3-2-13-41-33)49-34(25)28-9-6-26(39)19-31(28)45/h2-9,13,17-20H,10-12,14-16,21-22H2,1H3,(H,43,46). The molecule has 0 radical (unpaired) electrons. The Balaban J connectivity index is 1.01. The zero-order chi connectivity index (χ0) is 33.7. The topological polar surface area (TPSA) is 87.7 Å². The van der Waals surface area contributed by atoms with Crippen molar-refractivity contribution in [3.05, 3.63) is 113 Å². The van der Waals surface area contributed by atoms with Gasteiger partial charge in [0.1, 0.15) is 23.1 Å². The number of thiophene rings is 1. The lowest BCUT2D eigenvalue weighted by atomic mass is 9.73. The van der Waals surface area contributed by atoms with E-state index in [1.165, 1.54) is 29.5 Å². The van der Waals surface area contributed by atoms with Gasteiger partial charge in [0, 0.05) is 72.3 Å². The molecule has 5 aromatic rings.